The molecule has 0 saturated heterocycles. The SMILES string of the molecule is C=C1/C(=C\N=C(C)Nc2ccc(C(=O)CCCC)c(C(C)(F)F)c2)N(C)C(=O)c2ccccc2N1C. The third-order valence-electron chi connectivity index (χ3n) is 6.12. The number of fused-ring (bicyclic) bond motifs is 1. The summed E-state index contributed by atoms with van der Waals surface area (Å²) >= 11 is 0. The maximum atomic E-state index is 14.3. The van der Waals surface area contributed by atoms with E-state index in [0.717, 1.165) is 19.0 Å². The summed E-state index contributed by atoms with van der Waals surface area (Å²) in [6, 6.07) is 11.6. The van der Waals surface area contributed by atoms with E-state index in [4.69, 9.17) is 0 Å². The molecule has 8 heteroatoms. The van der Waals surface area contributed by atoms with Gasteiger partial charge in [0.1, 0.15) is 5.84 Å². The average molecular weight is 495 g/mol. The highest BCUT2D eigenvalue weighted by atomic mass is 19.3. The van der Waals surface area contributed by atoms with Gasteiger partial charge in [0.25, 0.3) is 11.8 Å². The highest BCUT2D eigenvalue weighted by Crippen LogP contribution is 2.34. The maximum Gasteiger partial charge on any atom is 0.271 e. The van der Waals surface area contributed by atoms with Crippen LogP contribution in [-0.2, 0) is 5.92 Å². The Bertz CT molecular complexity index is 1240. The smallest absolute Gasteiger partial charge is 0.271 e. The number of carbonyl (C=O) groups is 2. The molecule has 1 amide bonds. The van der Waals surface area contributed by atoms with E-state index in [1.165, 1.54) is 23.2 Å². The number of carbonyl (C=O) groups excluding carboxylic acids is 2. The van der Waals surface area contributed by atoms with Crippen molar-refractivity contribution in [1.82, 2.24) is 4.90 Å². The van der Waals surface area contributed by atoms with Gasteiger partial charge in [-0.3, -0.25) is 9.59 Å². The number of nitrogens with zero attached hydrogens (tertiary/aromatic N) is 3. The number of amides is 1. The van der Waals surface area contributed by atoms with E-state index in [0.29, 0.717) is 34.9 Å². The Morgan fingerprint density at radius 3 is 2.53 bits per heavy atom. The van der Waals surface area contributed by atoms with E-state index in [1.807, 2.05) is 31.0 Å². The molecule has 190 valence electrons. The fraction of sp³-hybridized carbons (Fsp3) is 0.321. The van der Waals surface area contributed by atoms with Gasteiger partial charge in [0.05, 0.1) is 28.8 Å². The summed E-state index contributed by atoms with van der Waals surface area (Å²) in [5.41, 5.74) is 2.47. The predicted molar refractivity (Wildman–Crippen MR) is 141 cm³/mol. The first kappa shape index (κ1) is 26.8. The lowest BCUT2D eigenvalue weighted by molar-refractivity contribution is 0.0165. The Labute approximate surface area is 211 Å². The molecule has 1 N–H and O–H groups in total. The van der Waals surface area contributed by atoms with Crippen molar-refractivity contribution in [3.63, 3.8) is 0 Å². The number of benzene rings is 2. The fourth-order valence-corrected chi connectivity index (χ4v) is 4.01. The minimum atomic E-state index is -3.18. The van der Waals surface area contributed by atoms with Crippen LogP contribution >= 0.6 is 0 Å². The van der Waals surface area contributed by atoms with E-state index in [1.54, 1.807) is 32.2 Å². The van der Waals surface area contributed by atoms with Gasteiger partial charge in [-0.1, -0.05) is 32.1 Å². The number of likely N-dealkylation sites (N-methyl/N-ethyl adjacent to an activating group) is 2. The van der Waals surface area contributed by atoms with Crippen LogP contribution < -0.4 is 10.2 Å². The number of alkyl halides is 2. The van der Waals surface area contributed by atoms with Crippen LogP contribution in [0, 0.1) is 0 Å². The van der Waals surface area contributed by atoms with Crippen molar-refractivity contribution in [2.24, 2.45) is 4.99 Å². The molecule has 0 aliphatic carbocycles. The quantitative estimate of drug-likeness (QED) is 0.268. The summed E-state index contributed by atoms with van der Waals surface area (Å²) in [5, 5.41) is 3.00. The number of aliphatic imine (C=N–C) groups is 1. The Hall–Kier alpha value is -3.81. The van der Waals surface area contributed by atoms with Crippen LogP contribution in [0.5, 0.6) is 0 Å². The van der Waals surface area contributed by atoms with Crippen LogP contribution in [0.4, 0.5) is 20.2 Å². The number of unbranched alkanes of at least 4 members (excludes halogenated alkanes) is 1. The van der Waals surface area contributed by atoms with Crippen LogP contribution in [-0.4, -0.2) is 36.5 Å². The van der Waals surface area contributed by atoms with Gasteiger partial charge in [-0.25, -0.2) is 13.8 Å². The van der Waals surface area contributed by atoms with Gasteiger partial charge in [-0.05, 0) is 43.7 Å². The van der Waals surface area contributed by atoms with E-state index < -0.39 is 5.92 Å². The molecule has 0 saturated carbocycles. The van der Waals surface area contributed by atoms with Crippen molar-refractivity contribution < 1.29 is 18.4 Å². The molecule has 36 heavy (non-hydrogen) atoms. The van der Waals surface area contributed by atoms with Gasteiger partial charge in [-0.2, -0.15) is 0 Å². The number of halogens is 2. The van der Waals surface area contributed by atoms with Crippen LogP contribution in [0.15, 0.2) is 71.6 Å². The van der Waals surface area contributed by atoms with E-state index in [-0.39, 0.29) is 29.2 Å². The molecule has 0 atom stereocenters. The number of ketones is 1. The monoisotopic (exact) mass is 494 g/mol. The highest BCUT2D eigenvalue weighted by Gasteiger charge is 2.30. The molecule has 0 fully saturated rings. The molecule has 1 heterocycles. The summed E-state index contributed by atoms with van der Waals surface area (Å²) in [7, 11) is 3.48. The molecule has 1 aliphatic rings. The molecule has 0 radical (unpaired) electrons. The fourth-order valence-electron chi connectivity index (χ4n) is 4.01. The van der Waals surface area contributed by atoms with E-state index in [2.05, 4.69) is 16.9 Å². The first-order valence-corrected chi connectivity index (χ1v) is 11.8. The van der Waals surface area contributed by atoms with Crippen molar-refractivity contribution in [2.45, 2.75) is 46.0 Å². The Morgan fingerprint density at radius 2 is 1.86 bits per heavy atom. The second kappa shape index (κ2) is 10.8. The second-order valence-electron chi connectivity index (χ2n) is 8.92. The van der Waals surface area contributed by atoms with Crippen molar-refractivity contribution >= 4 is 28.9 Å². The van der Waals surface area contributed by atoms with Crippen molar-refractivity contribution in [3.8, 4) is 0 Å². The van der Waals surface area contributed by atoms with Gasteiger partial charge in [-0.15, -0.1) is 0 Å². The summed E-state index contributed by atoms with van der Waals surface area (Å²) in [4.78, 5) is 33.2. The third-order valence-corrected chi connectivity index (χ3v) is 6.12. The number of hydrogen-bond donors (Lipinski definition) is 1. The van der Waals surface area contributed by atoms with Crippen LogP contribution in [0.1, 0.15) is 66.3 Å². The highest BCUT2D eigenvalue weighted by molar-refractivity contribution is 6.03. The number of hydrogen-bond acceptors (Lipinski definition) is 4. The minimum absolute atomic E-state index is 0.0377. The second-order valence-corrected chi connectivity index (χ2v) is 8.92. The number of anilines is 2. The summed E-state index contributed by atoms with van der Waals surface area (Å²) in [6.07, 6.45) is 3.21. The molecular formula is C28H32F2N4O2. The molecule has 1 aliphatic heterocycles. The minimum Gasteiger partial charge on any atom is -0.344 e. The van der Waals surface area contributed by atoms with Crippen LogP contribution in [0.25, 0.3) is 0 Å². The zero-order valence-corrected chi connectivity index (χ0v) is 21.4. The topological polar surface area (TPSA) is 65.0 Å². The van der Waals surface area contributed by atoms with Crippen molar-refractivity contribution in [1.29, 1.82) is 0 Å². The largest absolute Gasteiger partial charge is 0.344 e. The molecule has 6 nitrogen and oxygen atoms in total. The lowest BCUT2D eigenvalue weighted by Gasteiger charge is -2.23. The van der Waals surface area contributed by atoms with E-state index in [9.17, 15) is 18.4 Å². The first-order valence-electron chi connectivity index (χ1n) is 11.8. The number of Topliss-reactive ketones (excluding diaryl/α,β-unsaturated/α-hetero) is 1. The first-order chi connectivity index (χ1) is 17.0. The van der Waals surface area contributed by atoms with Crippen molar-refractivity contribution in [3.05, 3.63) is 83.3 Å². The Morgan fingerprint density at radius 1 is 1.17 bits per heavy atom. The predicted octanol–water partition coefficient (Wildman–Crippen LogP) is 6.58. The van der Waals surface area contributed by atoms with Crippen molar-refractivity contribution in [2.75, 3.05) is 24.3 Å². The van der Waals surface area contributed by atoms with Gasteiger partial charge < -0.3 is 15.1 Å². The summed E-state index contributed by atoms with van der Waals surface area (Å²) < 4.78 is 28.7. The Balaban J connectivity index is 1.89. The number of para-hydroxylation sites is 1. The number of amidine groups is 1. The van der Waals surface area contributed by atoms with Gasteiger partial charge >= 0.3 is 0 Å². The summed E-state index contributed by atoms with van der Waals surface area (Å²) in [5.74, 6) is -3.25. The van der Waals surface area contributed by atoms with Crippen LogP contribution in [0.3, 0.4) is 0 Å². The zero-order valence-electron chi connectivity index (χ0n) is 21.4. The Kier molecular flexibility index (Phi) is 8.07. The molecule has 0 bridgehead atoms. The molecule has 3 rings (SSSR count). The molecule has 2 aromatic rings. The summed E-state index contributed by atoms with van der Waals surface area (Å²) in [6.45, 7) is 8.54. The molecule has 0 unspecified atom stereocenters. The molecular weight excluding hydrogens is 462 g/mol. The molecule has 0 aromatic heterocycles. The zero-order chi connectivity index (χ0) is 26.6. The van der Waals surface area contributed by atoms with Crippen LogP contribution in [0.2, 0.25) is 0 Å². The molecule has 2 aromatic carbocycles. The number of nitrogens with one attached hydrogen (secondary N) is 1. The van der Waals surface area contributed by atoms with Gasteiger partial charge in [0.15, 0.2) is 5.78 Å². The van der Waals surface area contributed by atoms with Gasteiger partial charge in [0, 0.05) is 44.3 Å². The lowest BCUT2D eigenvalue weighted by atomic mass is 9.96. The average Bonchev–Trinajstić information content (AvgIpc) is 2.91. The molecule has 0 spiro atoms. The lowest BCUT2D eigenvalue weighted by Crippen LogP contribution is -2.26. The third kappa shape index (κ3) is 5.70. The maximum absolute atomic E-state index is 14.3. The standard InChI is InChI=1S/C28H32F2N4O2/c1-7-8-13-26(35)21-15-14-20(16-23(21)28(4,29)30)32-19(3)31-17-25-18(2)33(5)24-12-10-9-11-22(24)27(36)34(25)6/h9-12,14-17H,2,7-8,13H2,1,3-6H3,(H,31,32)/b25-17+. The van der Waals surface area contributed by atoms with E-state index >= 15 is 0 Å². The van der Waals surface area contributed by atoms with Gasteiger partial charge in [0.2, 0.25) is 0 Å². The normalized spacial score (nSPS) is 15.8. The number of rotatable bonds is 7.